The highest BCUT2D eigenvalue weighted by atomic mass is 15.2. The van der Waals surface area contributed by atoms with Crippen LogP contribution in [0, 0.1) is 0 Å². The molecule has 0 aliphatic carbocycles. The molecule has 0 aromatic carbocycles. The smallest absolute Gasteiger partial charge is 0.0982 e. The van der Waals surface area contributed by atoms with E-state index in [1.165, 1.54) is 31.6 Å². The number of aliphatic imine (C=N–C) groups is 1. The summed E-state index contributed by atoms with van der Waals surface area (Å²) >= 11 is 0. The van der Waals surface area contributed by atoms with Crippen molar-refractivity contribution in [2.24, 2.45) is 4.99 Å². The molecule has 1 rings (SSSR count). The highest BCUT2D eigenvalue weighted by Gasteiger charge is 2.09. The minimum atomic E-state index is 1.17. The zero-order valence-electron chi connectivity index (χ0n) is 6.22. The second-order valence-electron chi connectivity index (χ2n) is 2.52. The molecule has 0 spiro atoms. The van der Waals surface area contributed by atoms with E-state index in [9.17, 15) is 0 Å². The summed E-state index contributed by atoms with van der Waals surface area (Å²) in [5.74, 6) is 1.27. The van der Waals surface area contributed by atoms with Crippen molar-refractivity contribution in [1.82, 2.24) is 4.90 Å². The zero-order valence-corrected chi connectivity index (χ0v) is 6.22. The van der Waals surface area contributed by atoms with E-state index in [1.807, 2.05) is 7.05 Å². The maximum atomic E-state index is 4.17. The van der Waals surface area contributed by atoms with E-state index in [0.29, 0.717) is 0 Å². The van der Waals surface area contributed by atoms with Gasteiger partial charge in [-0.2, -0.15) is 0 Å². The lowest BCUT2D eigenvalue weighted by Gasteiger charge is -2.25. The lowest BCUT2D eigenvalue weighted by Crippen LogP contribution is -2.31. The summed E-state index contributed by atoms with van der Waals surface area (Å²) in [5, 5.41) is 0. The van der Waals surface area contributed by atoms with Gasteiger partial charge in [0.25, 0.3) is 0 Å². The molecule has 1 heterocycles. The number of rotatable bonds is 0. The summed E-state index contributed by atoms with van der Waals surface area (Å²) in [5.41, 5.74) is 0. The Hall–Kier alpha value is -0.530. The van der Waals surface area contributed by atoms with Gasteiger partial charge in [0.2, 0.25) is 0 Å². The van der Waals surface area contributed by atoms with Crippen molar-refractivity contribution in [3.63, 3.8) is 0 Å². The van der Waals surface area contributed by atoms with Crippen LogP contribution in [0.5, 0.6) is 0 Å². The van der Waals surface area contributed by atoms with Crippen molar-refractivity contribution in [1.29, 1.82) is 0 Å². The fraction of sp³-hybridized carbons (Fsp3) is 0.857. The van der Waals surface area contributed by atoms with Crippen molar-refractivity contribution in [2.45, 2.75) is 19.3 Å². The minimum absolute atomic E-state index is 1.17. The van der Waals surface area contributed by atoms with Crippen LogP contribution in [0.15, 0.2) is 4.99 Å². The topological polar surface area (TPSA) is 15.6 Å². The Balaban J connectivity index is 2.49. The molecular formula is C7H14N2. The lowest BCUT2D eigenvalue weighted by atomic mass is 10.1. The van der Waals surface area contributed by atoms with Gasteiger partial charge in [0, 0.05) is 27.1 Å². The Morgan fingerprint density at radius 3 is 2.67 bits per heavy atom. The monoisotopic (exact) mass is 126 g/mol. The van der Waals surface area contributed by atoms with Crippen LogP contribution in [0.25, 0.3) is 0 Å². The highest BCUT2D eigenvalue weighted by Crippen LogP contribution is 2.08. The molecule has 0 aromatic rings. The highest BCUT2D eigenvalue weighted by molar-refractivity contribution is 5.82. The molecule has 0 aromatic heterocycles. The molecule has 0 bridgehead atoms. The van der Waals surface area contributed by atoms with Crippen molar-refractivity contribution < 1.29 is 0 Å². The summed E-state index contributed by atoms with van der Waals surface area (Å²) < 4.78 is 0. The fourth-order valence-electron chi connectivity index (χ4n) is 1.23. The first-order chi connectivity index (χ1) is 4.34. The van der Waals surface area contributed by atoms with Crippen molar-refractivity contribution in [2.75, 3.05) is 20.6 Å². The van der Waals surface area contributed by atoms with Gasteiger partial charge in [-0.25, -0.2) is 0 Å². The molecule has 0 radical (unpaired) electrons. The molecule has 1 fully saturated rings. The molecule has 0 unspecified atom stereocenters. The van der Waals surface area contributed by atoms with Crippen LogP contribution in [-0.4, -0.2) is 31.4 Å². The second-order valence-corrected chi connectivity index (χ2v) is 2.52. The Bertz CT molecular complexity index is 118. The van der Waals surface area contributed by atoms with E-state index in [0.717, 1.165) is 0 Å². The van der Waals surface area contributed by atoms with Gasteiger partial charge in [-0.15, -0.1) is 0 Å². The maximum absolute atomic E-state index is 4.17. The molecular weight excluding hydrogens is 112 g/mol. The molecule has 1 aliphatic rings. The number of piperidine rings is 1. The number of likely N-dealkylation sites (tertiary alicyclic amines) is 1. The van der Waals surface area contributed by atoms with Crippen LogP contribution in [-0.2, 0) is 0 Å². The Kier molecular flexibility index (Phi) is 2.09. The summed E-state index contributed by atoms with van der Waals surface area (Å²) in [6.45, 7) is 1.19. The molecule has 9 heavy (non-hydrogen) atoms. The molecule has 1 aliphatic heterocycles. The first-order valence-corrected chi connectivity index (χ1v) is 3.51. The van der Waals surface area contributed by atoms with Gasteiger partial charge >= 0.3 is 0 Å². The average Bonchev–Trinajstić information content (AvgIpc) is 1.89. The van der Waals surface area contributed by atoms with Gasteiger partial charge in [0.05, 0.1) is 5.84 Å². The van der Waals surface area contributed by atoms with E-state index in [2.05, 4.69) is 16.9 Å². The molecule has 0 saturated carbocycles. The maximum Gasteiger partial charge on any atom is 0.0982 e. The molecule has 2 nitrogen and oxygen atoms in total. The van der Waals surface area contributed by atoms with E-state index in [1.54, 1.807) is 0 Å². The van der Waals surface area contributed by atoms with Gasteiger partial charge in [0.15, 0.2) is 0 Å². The third-order valence-electron chi connectivity index (χ3n) is 1.84. The van der Waals surface area contributed by atoms with Crippen LogP contribution >= 0.6 is 0 Å². The summed E-state index contributed by atoms with van der Waals surface area (Å²) in [4.78, 5) is 6.41. The quantitative estimate of drug-likeness (QED) is 0.475. The predicted molar refractivity (Wildman–Crippen MR) is 39.8 cm³/mol. The average molecular weight is 126 g/mol. The molecule has 0 atom stereocenters. The van der Waals surface area contributed by atoms with E-state index < -0.39 is 0 Å². The number of hydrogen-bond donors (Lipinski definition) is 0. The zero-order chi connectivity index (χ0) is 6.69. The minimum Gasteiger partial charge on any atom is -0.363 e. The molecule has 0 N–H and O–H groups in total. The first kappa shape index (κ1) is 6.59. The first-order valence-electron chi connectivity index (χ1n) is 3.51. The summed E-state index contributed by atoms with van der Waals surface area (Å²) in [6, 6.07) is 0. The van der Waals surface area contributed by atoms with E-state index in [4.69, 9.17) is 0 Å². The third kappa shape index (κ3) is 1.44. The fourth-order valence-corrected chi connectivity index (χ4v) is 1.23. The van der Waals surface area contributed by atoms with Gasteiger partial charge in [-0.05, 0) is 12.8 Å². The van der Waals surface area contributed by atoms with Crippen LogP contribution in [0.2, 0.25) is 0 Å². The normalized spacial score (nSPS) is 25.1. The van der Waals surface area contributed by atoms with Crippen molar-refractivity contribution >= 4 is 5.84 Å². The van der Waals surface area contributed by atoms with Gasteiger partial charge in [-0.3, -0.25) is 4.99 Å². The summed E-state index contributed by atoms with van der Waals surface area (Å²) in [6.07, 6.45) is 3.82. The lowest BCUT2D eigenvalue weighted by molar-refractivity contribution is 0.433. The van der Waals surface area contributed by atoms with Crippen LogP contribution in [0.1, 0.15) is 19.3 Å². The molecule has 52 valence electrons. The number of hydrogen-bond acceptors (Lipinski definition) is 1. The van der Waals surface area contributed by atoms with Gasteiger partial charge in [0.1, 0.15) is 0 Å². The second kappa shape index (κ2) is 2.85. The van der Waals surface area contributed by atoms with Crippen molar-refractivity contribution in [3.8, 4) is 0 Å². The Labute approximate surface area is 56.6 Å². The van der Waals surface area contributed by atoms with Gasteiger partial charge < -0.3 is 4.90 Å². The SMILES string of the molecule is C/N=C1/CCCCN1C. The number of amidine groups is 1. The number of nitrogens with zero attached hydrogens (tertiary/aromatic N) is 2. The molecule has 1 saturated heterocycles. The van der Waals surface area contributed by atoms with Gasteiger partial charge in [-0.1, -0.05) is 0 Å². The molecule has 2 heteroatoms. The third-order valence-corrected chi connectivity index (χ3v) is 1.84. The Morgan fingerprint density at radius 1 is 1.44 bits per heavy atom. The standard InChI is InChI=1S/C7H14N2/c1-8-7-5-3-4-6-9(7)2/h3-6H2,1-2H3/b8-7-. The van der Waals surface area contributed by atoms with Crippen LogP contribution < -0.4 is 0 Å². The van der Waals surface area contributed by atoms with Crippen molar-refractivity contribution in [3.05, 3.63) is 0 Å². The van der Waals surface area contributed by atoms with Crippen LogP contribution in [0.3, 0.4) is 0 Å². The summed E-state index contributed by atoms with van der Waals surface area (Å²) in [7, 11) is 3.98. The van der Waals surface area contributed by atoms with E-state index in [-0.39, 0.29) is 0 Å². The molecule has 0 amide bonds. The van der Waals surface area contributed by atoms with Crippen LogP contribution in [0.4, 0.5) is 0 Å². The Morgan fingerprint density at radius 2 is 2.22 bits per heavy atom. The van der Waals surface area contributed by atoms with E-state index >= 15 is 0 Å². The largest absolute Gasteiger partial charge is 0.363 e. The predicted octanol–water partition coefficient (Wildman–Crippen LogP) is 1.13.